The van der Waals surface area contributed by atoms with Gasteiger partial charge in [0.05, 0.1) is 11.3 Å². The van der Waals surface area contributed by atoms with Gasteiger partial charge in [-0.05, 0) is 43.7 Å². The summed E-state index contributed by atoms with van der Waals surface area (Å²) in [5.41, 5.74) is 0.462. The minimum absolute atomic E-state index is 0.0385. The van der Waals surface area contributed by atoms with Crippen LogP contribution < -0.4 is 5.32 Å². The highest BCUT2D eigenvalue weighted by molar-refractivity contribution is 7.99. The number of hydrogen-bond acceptors (Lipinski definition) is 4. The van der Waals surface area contributed by atoms with Crippen molar-refractivity contribution in [3.63, 3.8) is 0 Å². The van der Waals surface area contributed by atoms with E-state index in [-0.39, 0.29) is 17.8 Å². The number of thioether (sulfide) groups is 1. The highest BCUT2D eigenvalue weighted by atomic mass is 32.2. The number of benzene rings is 1. The van der Waals surface area contributed by atoms with Crippen LogP contribution >= 0.6 is 11.8 Å². The molecule has 0 unspecified atom stereocenters. The molecule has 27 heavy (non-hydrogen) atoms. The third kappa shape index (κ3) is 4.18. The van der Waals surface area contributed by atoms with Crippen LogP contribution in [-0.4, -0.2) is 32.5 Å². The fourth-order valence-electron chi connectivity index (χ4n) is 3.77. The van der Waals surface area contributed by atoms with Crippen molar-refractivity contribution in [3.8, 4) is 11.4 Å². The molecule has 2 aromatic rings. The number of amides is 1. The third-order valence-electron chi connectivity index (χ3n) is 5.48. The lowest BCUT2D eigenvalue weighted by Crippen LogP contribution is -2.41. The van der Waals surface area contributed by atoms with Gasteiger partial charge in [-0.2, -0.15) is 0 Å². The van der Waals surface area contributed by atoms with Crippen molar-refractivity contribution in [2.24, 2.45) is 5.92 Å². The summed E-state index contributed by atoms with van der Waals surface area (Å²) in [6.07, 6.45) is 6.76. The molecule has 2 aliphatic carbocycles. The van der Waals surface area contributed by atoms with E-state index in [1.54, 1.807) is 18.2 Å². The molecular formula is C20H25FN4OS. The summed E-state index contributed by atoms with van der Waals surface area (Å²) in [4.78, 5) is 12.4. The van der Waals surface area contributed by atoms with Crippen LogP contribution in [0, 0.1) is 11.7 Å². The van der Waals surface area contributed by atoms with Crippen molar-refractivity contribution < 1.29 is 9.18 Å². The number of rotatable bonds is 6. The Kier molecular flexibility index (Phi) is 5.48. The SMILES string of the molecule is C[C@@H]1CCCC[C@H]1NC(=O)CSc1nnc(-c2ccccc2F)n1C1CC1. The summed E-state index contributed by atoms with van der Waals surface area (Å²) in [5.74, 6) is 1.14. The molecular weight excluding hydrogens is 363 g/mol. The molecule has 0 radical (unpaired) electrons. The summed E-state index contributed by atoms with van der Waals surface area (Å²) in [6.45, 7) is 2.21. The minimum atomic E-state index is -0.299. The third-order valence-corrected chi connectivity index (χ3v) is 6.42. The summed E-state index contributed by atoms with van der Waals surface area (Å²) < 4.78 is 16.2. The molecule has 1 aromatic heterocycles. The Morgan fingerprint density at radius 3 is 2.74 bits per heavy atom. The lowest BCUT2D eigenvalue weighted by atomic mass is 9.86. The zero-order valence-electron chi connectivity index (χ0n) is 15.5. The zero-order valence-corrected chi connectivity index (χ0v) is 16.3. The highest BCUT2D eigenvalue weighted by Crippen LogP contribution is 2.41. The second-order valence-corrected chi connectivity index (χ2v) is 8.55. The van der Waals surface area contributed by atoms with Gasteiger partial charge in [0.25, 0.3) is 0 Å². The smallest absolute Gasteiger partial charge is 0.230 e. The monoisotopic (exact) mass is 388 g/mol. The van der Waals surface area contributed by atoms with E-state index in [1.165, 1.54) is 37.1 Å². The van der Waals surface area contributed by atoms with Crippen LogP contribution in [0.5, 0.6) is 0 Å². The molecule has 144 valence electrons. The molecule has 0 aliphatic heterocycles. The molecule has 2 saturated carbocycles. The first kappa shape index (κ1) is 18.5. The van der Waals surface area contributed by atoms with Crippen LogP contribution in [0.1, 0.15) is 51.5 Å². The summed E-state index contributed by atoms with van der Waals surface area (Å²) in [7, 11) is 0. The molecule has 1 N–H and O–H groups in total. The number of hydrogen-bond donors (Lipinski definition) is 1. The normalized spacial score (nSPS) is 22.6. The Morgan fingerprint density at radius 1 is 1.22 bits per heavy atom. The van der Waals surface area contributed by atoms with Gasteiger partial charge in [-0.3, -0.25) is 9.36 Å². The lowest BCUT2D eigenvalue weighted by Gasteiger charge is -2.29. The summed E-state index contributed by atoms with van der Waals surface area (Å²) in [6, 6.07) is 7.22. The summed E-state index contributed by atoms with van der Waals surface area (Å²) >= 11 is 1.39. The molecule has 5 nitrogen and oxygen atoms in total. The molecule has 1 heterocycles. The summed E-state index contributed by atoms with van der Waals surface area (Å²) in [5, 5.41) is 12.4. The van der Waals surface area contributed by atoms with Crippen molar-refractivity contribution in [2.75, 3.05) is 5.75 Å². The van der Waals surface area contributed by atoms with Crippen LogP contribution in [0.3, 0.4) is 0 Å². The zero-order chi connectivity index (χ0) is 18.8. The van der Waals surface area contributed by atoms with Crippen molar-refractivity contribution in [1.29, 1.82) is 0 Å². The molecule has 2 atom stereocenters. The first-order valence-electron chi connectivity index (χ1n) is 9.75. The van der Waals surface area contributed by atoms with Crippen LogP contribution in [-0.2, 0) is 4.79 Å². The van der Waals surface area contributed by atoms with Crippen molar-refractivity contribution in [2.45, 2.75) is 62.7 Å². The highest BCUT2D eigenvalue weighted by Gasteiger charge is 2.31. The van der Waals surface area contributed by atoms with E-state index < -0.39 is 0 Å². The van der Waals surface area contributed by atoms with Crippen molar-refractivity contribution in [1.82, 2.24) is 20.1 Å². The molecule has 7 heteroatoms. The predicted octanol–water partition coefficient (Wildman–Crippen LogP) is 4.21. The Bertz CT molecular complexity index is 820. The Balaban J connectivity index is 1.45. The maximum atomic E-state index is 14.2. The van der Waals surface area contributed by atoms with E-state index in [4.69, 9.17) is 0 Å². The van der Waals surface area contributed by atoms with Gasteiger partial charge in [0.2, 0.25) is 5.91 Å². The molecule has 1 amide bonds. The molecule has 1 aromatic carbocycles. The molecule has 0 bridgehead atoms. The molecule has 4 rings (SSSR count). The van der Waals surface area contributed by atoms with Gasteiger partial charge in [-0.1, -0.05) is 43.7 Å². The van der Waals surface area contributed by atoms with Crippen molar-refractivity contribution in [3.05, 3.63) is 30.1 Å². The molecule has 2 aliphatic rings. The number of nitrogens with one attached hydrogen (secondary N) is 1. The van der Waals surface area contributed by atoms with E-state index in [0.717, 1.165) is 19.3 Å². The van der Waals surface area contributed by atoms with Gasteiger partial charge >= 0.3 is 0 Å². The minimum Gasteiger partial charge on any atom is -0.352 e. The number of carbonyl (C=O) groups excluding carboxylic acids is 1. The quantitative estimate of drug-likeness (QED) is 0.753. The van der Waals surface area contributed by atoms with E-state index in [0.29, 0.717) is 34.3 Å². The fourth-order valence-corrected chi connectivity index (χ4v) is 4.59. The lowest BCUT2D eigenvalue weighted by molar-refractivity contribution is -0.119. The number of nitrogens with zero attached hydrogens (tertiary/aromatic N) is 3. The number of aromatic nitrogens is 3. The van der Waals surface area contributed by atoms with E-state index in [9.17, 15) is 9.18 Å². The van der Waals surface area contributed by atoms with E-state index >= 15 is 0 Å². The van der Waals surface area contributed by atoms with Crippen molar-refractivity contribution >= 4 is 17.7 Å². The largest absolute Gasteiger partial charge is 0.352 e. The Hall–Kier alpha value is -1.89. The van der Waals surface area contributed by atoms with Gasteiger partial charge in [0.15, 0.2) is 11.0 Å². The van der Waals surface area contributed by atoms with E-state index in [1.807, 2.05) is 4.57 Å². The first-order valence-corrected chi connectivity index (χ1v) is 10.7. The van der Waals surface area contributed by atoms with Crippen LogP contribution in [0.15, 0.2) is 29.4 Å². The molecule has 2 fully saturated rings. The average Bonchev–Trinajstić information content (AvgIpc) is 3.42. The second kappa shape index (κ2) is 8.00. The van der Waals surface area contributed by atoms with Crippen LogP contribution in [0.25, 0.3) is 11.4 Å². The van der Waals surface area contributed by atoms with Gasteiger partial charge in [0, 0.05) is 12.1 Å². The fraction of sp³-hybridized carbons (Fsp3) is 0.550. The van der Waals surface area contributed by atoms with Crippen LogP contribution in [0.4, 0.5) is 4.39 Å². The standard InChI is InChI=1S/C20H25FN4OS/c1-13-6-2-5-9-17(13)22-18(26)12-27-20-24-23-19(25(20)14-10-11-14)15-7-3-4-8-16(15)21/h3-4,7-8,13-14,17H,2,5-6,9-12H2,1H3,(H,22,26)/t13-,17-/m1/s1. The second-order valence-electron chi connectivity index (χ2n) is 7.61. The van der Waals surface area contributed by atoms with E-state index in [2.05, 4.69) is 22.4 Å². The maximum absolute atomic E-state index is 14.2. The topological polar surface area (TPSA) is 59.8 Å². The van der Waals surface area contributed by atoms with Gasteiger partial charge in [-0.15, -0.1) is 10.2 Å². The number of halogens is 1. The molecule has 0 saturated heterocycles. The maximum Gasteiger partial charge on any atom is 0.230 e. The number of carbonyl (C=O) groups is 1. The van der Waals surface area contributed by atoms with Gasteiger partial charge < -0.3 is 5.32 Å². The van der Waals surface area contributed by atoms with Gasteiger partial charge in [0.1, 0.15) is 5.82 Å². The molecule has 0 spiro atoms. The average molecular weight is 389 g/mol. The van der Waals surface area contributed by atoms with Crippen LogP contribution in [0.2, 0.25) is 0 Å². The Labute approximate surface area is 163 Å². The Morgan fingerprint density at radius 2 is 2.00 bits per heavy atom. The first-order chi connectivity index (χ1) is 13.1. The predicted molar refractivity (Wildman–Crippen MR) is 104 cm³/mol. The van der Waals surface area contributed by atoms with Gasteiger partial charge in [-0.25, -0.2) is 4.39 Å².